The van der Waals surface area contributed by atoms with Gasteiger partial charge in [0.15, 0.2) is 0 Å². The van der Waals surface area contributed by atoms with E-state index < -0.39 is 21.6 Å². The molecule has 0 aliphatic heterocycles. The summed E-state index contributed by atoms with van der Waals surface area (Å²) in [7, 11) is -3.78. The molecule has 3 aromatic carbocycles. The van der Waals surface area contributed by atoms with Gasteiger partial charge in [0.2, 0.25) is 15.9 Å². The second-order valence-electron chi connectivity index (χ2n) is 10.1. The Bertz CT molecular complexity index is 1340. The van der Waals surface area contributed by atoms with Gasteiger partial charge in [0.05, 0.1) is 4.90 Å². The lowest BCUT2D eigenvalue weighted by Gasteiger charge is -2.22. The van der Waals surface area contributed by atoms with Crippen LogP contribution in [0.5, 0.6) is 0 Å². The molecule has 8 heteroatoms. The number of carbonyl (C=O) groups is 2. The lowest BCUT2D eigenvalue weighted by molar-refractivity contribution is -0.118. The Balaban J connectivity index is 1.61. The van der Waals surface area contributed by atoms with Gasteiger partial charge in [0.25, 0.3) is 5.91 Å². The average Bonchev–Trinajstić information content (AvgIpc) is 3.61. The fourth-order valence-corrected chi connectivity index (χ4v) is 5.69. The summed E-state index contributed by atoms with van der Waals surface area (Å²) >= 11 is 0. The summed E-state index contributed by atoms with van der Waals surface area (Å²) in [5, 5.41) is 6.93. The van der Waals surface area contributed by atoms with Gasteiger partial charge in [-0.1, -0.05) is 55.3 Å². The maximum Gasteiger partial charge on any atom is 0.251 e. The molecule has 2 amide bonds. The van der Waals surface area contributed by atoms with E-state index >= 15 is 0 Å². The standard InChI is InChI=1S/C27H31N3O4S/c1-27(2,3)30-35(33,34)24-14-8-11-20-21(24)12-7-13-22(20)28-26(32)23(17-18-15-16-18)29-25(31)19-9-5-4-6-10-19/h4-14,18,23,30H,15-17H2,1-3H3,(H,28,32)(H,29,31). The fourth-order valence-electron chi connectivity index (χ4n) is 4.05. The molecular formula is C27H31N3O4S. The van der Waals surface area contributed by atoms with Gasteiger partial charge in [-0.25, -0.2) is 13.1 Å². The van der Waals surface area contributed by atoms with Crippen molar-refractivity contribution in [1.82, 2.24) is 10.0 Å². The molecule has 1 fully saturated rings. The first-order valence-electron chi connectivity index (χ1n) is 11.8. The largest absolute Gasteiger partial charge is 0.340 e. The number of amides is 2. The molecule has 0 radical (unpaired) electrons. The maximum atomic E-state index is 13.3. The summed E-state index contributed by atoms with van der Waals surface area (Å²) < 4.78 is 28.8. The Labute approximate surface area is 206 Å². The third-order valence-electron chi connectivity index (χ3n) is 5.79. The van der Waals surface area contributed by atoms with E-state index in [0.29, 0.717) is 34.4 Å². The molecule has 0 saturated heterocycles. The number of benzene rings is 3. The van der Waals surface area contributed by atoms with Gasteiger partial charge in [0, 0.05) is 27.6 Å². The monoisotopic (exact) mass is 493 g/mol. The van der Waals surface area contributed by atoms with Crippen molar-refractivity contribution in [2.45, 2.75) is 56.5 Å². The summed E-state index contributed by atoms with van der Waals surface area (Å²) in [5.74, 6) is -0.213. The number of fused-ring (bicyclic) bond motifs is 1. The van der Waals surface area contributed by atoms with E-state index in [1.54, 1.807) is 81.4 Å². The number of sulfonamides is 1. The highest BCUT2D eigenvalue weighted by atomic mass is 32.2. The van der Waals surface area contributed by atoms with Crippen molar-refractivity contribution < 1.29 is 18.0 Å². The van der Waals surface area contributed by atoms with E-state index in [2.05, 4.69) is 15.4 Å². The minimum absolute atomic E-state index is 0.146. The van der Waals surface area contributed by atoms with Crippen LogP contribution in [0, 0.1) is 5.92 Å². The molecule has 0 heterocycles. The van der Waals surface area contributed by atoms with Crippen LogP contribution in [0.1, 0.15) is 50.4 Å². The minimum Gasteiger partial charge on any atom is -0.340 e. The number of hydrogen-bond donors (Lipinski definition) is 3. The van der Waals surface area contributed by atoms with E-state index in [1.165, 1.54) is 0 Å². The summed E-state index contributed by atoms with van der Waals surface area (Å²) in [6, 6.07) is 18.3. The molecule has 1 unspecified atom stereocenters. The molecule has 0 bridgehead atoms. The number of hydrogen-bond acceptors (Lipinski definition) is 4. The molecule has 1 aliphatic carbocycles. The van der Waals surface area contributed by atoms with Crippen LogP contribution >= 0.6 is 0 Å². The lowest BCUT2D eigenvalue weighted by Crippen LogP contribution is -2.44. The summed E-state index contributed by atoms with van der Waals surface area (Å²) in [6.45, 7) is 5.35. The van der Waals surface area contributed by atoms with Crippen molar-refractivity contribution >= 4 is 38.3 Å². The van der Waals surface area contributed by atoms with Crippen LogP contribution in [0.3, 0.4) is 0 Å². The third-order valence-corrected chi connectivity index (χ3v) is 7.61. The zero-order valence-corrected chi connectivity index (χ0v) is 21.0. The Kier molecular flexibility index (Phi) is 6.96. The summed E-state index contributed by atoms with van der Waals surface area (Å²) in [5.41, 5.74) is 0.349. The molecule has 1 saturated carbocycles. The second kappa shape index (κ2) is 9.79. The number of nitrogens with one attached hydrogen (secondary N) is 3. The van der Waals surface area contributed by atoms with E-state index in [9.17, 15) is 18.0 Å². The average molecular weight is 494 g/mol. The van der Waals surface area contributed by atoms with Gasteiger partial charge in [-0.05, 0) is 57.4 Å². The van der Waals surface area contributed by atoms with Crippen LogP contribution < -0.4 is 15.4 Å². The van der Waals surface area contributed by atoms with Crippen molar-refractivity contribution in [3.8, 4) is 0 Å². The van der Waals surface area contributed by atoms with Crippen molar-refractivity contribution in [3.05, 3.63) is 72.3 Å². The van der Waals surface area contributed by atoms with E-state index in [1.807, 2.05) is 6.07 Å². The van der Waals surface area contributed by atoms with Gasteiger partial charge in [-0.15, -0.1) is 0 Å². The number of rotatable bonds is 8. The highest BCUT2D eigenvalue weighted by molar-refractivity contribution is 7.89. The van der Waals surface area contributed by atoms with Crippen LogP contribution in [0.25, 0.3) is 10.8 Å². The molecule has 0 aromatic heterocycles. The van der Waals surface area contributed by atoms with Crippen molar-refractivity contribution in [3.63, 3.8) is 0 Å². The van der Waals surface area contributed by atoms with Crippen molar-refractivity contribution in [2.75, 3.05) is 5.32 Å². The fraction of sp³-hybridized carbons (Fsp3) is 0.333. The van der Waals surface area contributed by atoms with Crippen LogP contribution in [-0.4, -0.2) is 31.8 Å². The van der Waals surface area contributed by atoms with Crippen molar-refractivity contribution in [1.29, 1.82) is 0 Å². The molecule has 35 heavy (non-hydrogen) atoms. The minimum atomic E-state index is -3.78. The Hall–Kier alpha value is -3.23. The molecular weight excluding hydrogens is 462 g/mol. The first-order chi connectivity index (χ1) is 16.5. The first-order valence-corrected chi connectivity index (χ1v) is 13.2. The predicted molar refractivity (Wildman–Crippen MR) is 138 cm³/mol. The van der Waals surface area contributed by atoms with Gasteiger partial charge in [-0.3, -0.25) is 9.59 Å². The third kappa shape index (κ3) is 6.26. The first kappa shape index (κ1) is 24.9. The highest BCUT2D eigenvalue weighted by Crippen LogP contribution is 2.34. The van der Waals surface area contributed by atoms with E-state index in [-0.39, 0.29) is 16.7 Å². The van der Waals surface area contributed by atoms with Crippen LogP contribution in [-0.2, 0) is 14.8 Å². The van der Waals surface area contributed by atoms with Gasteiger partial charge in [0.1, 0.15) is 6.04 Å². The van der Waals surface area contributed by atoms with Gasteiger partial charge >= 0.3 is 0 Å². The Morgan fingerprint density at radius 1 is 0.914 bits per heavy atom. The molecule has 3 aromatic rings. The zero-order chi connectivity index (χ0) is 25.2. The SMILES string of the molecule is CC(C)(C)NS(=O)(=O)c1cccc2c(NC(=O)C(CC3CC3)NC(=O)c3ccccc3)cccc12. The smallest absolute Gasteiger partial charge is 0.251 e. The highest BCUT2D eigenvalue weighted by Gasteiger charge is 2.31. The molecule has 4 rings (SSSR count). The molecule has 1 aliphatic rings. The molecule has 0 spiro atoms. The van der Waals surface area contributed by atoms with Crippen LogP contribution in [0.4, 0.5) is 5.69 Å². The summed E-state index contributed by atoms with van der Waals surface area (Å²) in [4.78, 5) is 26.2. The molecule has 184 valence electrons. The molecule has 7 nitrogen and oxygen atoms in total. The van der Waals surface area contributed by atoms with Gasteiger partial charge < -0.3 is 10.6 Å². The maximum absolute atomic E-state index is 13.3. The molecule has 3 N–H and O–H groups in total. The Morgan fingerprint density at radius 3 is 2.23 bits per heavy atom. The normalized spacial score (nSPS) is 14.9. The van der Waals surface area contributed by atoms with Crippen LogP contribution in [0.15, 0.2) is 71.6 Å². The summed E-state index contributed by atoms with van der Waals surface area (Å²) in [6.07, 6.45) is 2.65. The van der Waals surface area contributed by atoms with E-state index in [0.717, 1.165) is 12.8 Å². The number of anilines is 1. The van der Waals surface area contributed by atoms with Crippen LogP contribution in [0.2, 0.25) is 0 Å². The lowest BCUT2D eigenvalue weighted by atomic mass is 10.1. The van der Waals surface area contributed by atoms with E-state index in [4.69, 9.17) is 0 Å². The second-order valence-corrected chi connectivity index (χ2v) is 11.7. The Morgan fingerprint density at radius 2 is 1.57 bits per heavy atom. The number of carbonyl (C=O) groups excluding carboxylic acids is 2. The quantitative estimate of drug-likeness (QED) is 0.431. The van der Waals surface area contributed by atoms with Gasteiger partial charge in [-0.2, -0.15) is 0 Å². The molecule has 1 atom stereocenters. The topological polar surface area (TPSA) is 104 Å². The predicted octanol–water partition coefficient (Wildman–Crippen LogP) is 4.45. The van der Waals surface area contributed by atoms with Crippen molar-refractivity contribution in [2.24, 2.45) is 5.92 Å². The zero-order valence-electron chi connectivity index (χ0n) is 20.2.